The van der Waals surface area contributed by atoms with Gasteiger partial charge in [-0.1, -0.05) is 115 Å². The summed E-state index contributed by atoms with van der Waals surface area (Å²) in [7, 11) is 0. The third-order valence-corrected chi connectivity index (χ3v) is 9.43. The highest BCUT2D eigenvalue weighted by atomic mass is 16.3. The molecule has 0 radical (unpaired) electrons. The van der Waals surface area contributed by atoms with E-state index in [1.54, 1.807) is 0 Å². The zero-order valence-corrected chi connectivity index (χ0v) is 26.4. The van der Waals surface area contributed by atoms with Crippen LogP contribution in [0.2, 0.25) is 0 Å². The van der Waals surface area contributed by atoms with Crippen molar-refractivity contribution in [1.29, 1.82) is 0 Å². The molecule has 0 N–H and O–H groups in total. The molecule has 0 atom stereocenters. The Morgan fingerprint density at radius 3 is 1.92 bits per heavy atom. The third-order valence-electron chi connectivity index (χ3n) is 9.43. The Hall–Kier alpha value is -6.19. The minimum absolute atomic E-state index is 0.676. The molecule has 0 saturated carbocycles. The maximum absolute atomic E-state index is 6.33. The van der Waals surface area contributed by atoms with E-state index in [2.05, 4.69) is 144 Å². The van der Waals surface area contributed by atoms with E-state index >= 15 is 0 Å². The van der Waals surface area contributed by atoms with E-state index in [1.807, 2.05) is 30.3 Å². The molecule has 0 amide bonds. The van der Waals surface area contributed by atoms with Crippen LogP contribution in [0.3, 0.4) is 0 Å². The van der Waals surface area contributed by atoms with Crippen LogP contribution in [0.15, 0.2) is 168 Å². The van der Waals surface area contributed by atoms with E-state index in [-0.39, 0.29) is 0 Å². The average molecular weight is 617 g/mol. The lowest BCUT2D eigenvalue weighted by Gasteiger charge is -2.26. The lowest BCUT2D eigenvalue weighted by Crippen LogP contribution is -2.09. The number of nitrogens with zero attached hydrogens (tertiary/aromatic N) is 2. The summed E-state index contributed by atoms with van der Waals surface area (Å²) in [5, 5.41) is 2.52. The summed E-state index contributed by atoms with van der Waals surface area (Å²) < 4.78 is 6.33. The predicted octanol–water partition coefficient (Wildman–Crippen LogP) is 12.3. The molecular weight excluding hydrogens is 585 g/mol. The number of oxazole rings is 1. The van der Waals surface area contributed by atoms with E-state index < -0.39 is 0 Å². The Balaban J connectivity index is 1.03. The van der Waals surface area contributed by atoms with Gasteiger partial charge >= 0.3 is 0 Å². The molecule has 0 saturated heterocycles. The summed E-state index contributed by atoms with van der Waals surface area (Å²) in [6.45, 7) is 0. The number of hydrogen-bond donors (Lipinski definition) is 0. The average Bonchev–Trinajstić information content (AvgIpc) is 3.61. The number of hydrogen-bond acceptors (Lipinski definition) is 3. The van der Waals surface area contributed by atoms with E-state index in [0.29, 0.717) is 5.89 Å². The van der Waals surface area contributed by atoms with Crippen molar-refractivity contribution in [3.8, 4) is 22.6 Å². The van der Waals surface area contributed by atoms with Crippen molar-refractivity contribution in [1.82, 2.24) is 4.98 Å². The highest BCUT2D eigenvalue weighted by Crippen LogP contribution is 2.39. The number of anilines is 3. The zero-order chi connectivity index (χ0) is 31.9. The van der Waals surface area contributed by atoms with Crippen LogP contribution in [0.5, 0.6) is 0 Å². The maximum atomic E-state index is 6.33. The molecule has 9 rings (SSSR count). The number of benzene rings is 7. The van der Waals surface area contributed by atoms with Gasteiger partial charge in [0.25, 0.3) is 0 Å². The standard InChI is InChI=1S/C45H32N2O/c1-3-11-34(12-4-1)45-46-43-29-23-36-30-35(22-28-42(36)44(43)48-45)31-18-24-38(25-19-31)47(37-14-5-2-6-15-37)39-26-20-33(21-27-39)41-17-9-13-32-10-7-8-16-40(32)41/h1-21,23-27,29-30H,22,28H2. The Kier molecular flexibility index (Phi) is 6.94. The number of fused-ring (bicyclic) bond motifs is 4. The van der Waals surface area contributed by atoms with Crippen molar-refractivity contribution < 1.29 is 4.42 Å². The lowest BCUT2D eigenvalue weighted by atomic mass is 9.88. The third kappa shape index (κ3) is 5.06. The fraction of sp³-hybridized carbons (Fsp3) is 0.0444. The van der Waals surface area contributed by atoms with Crippen LogP contribution in [0.25, 0.3) is 56.1 Å². The minimum Gasteiger partial charge on any atom is -0.436 e. The number of para-hydroxylation sites is 1. The Morgan fingerprint density at radius 1 is 0.500 bits per heavy atom. The van der Waals surface area contributed by atoms with Crippen molar-refractivity contribution in [3.05, 3.63) is 180 Å². The van der Waals surface area contributed by atoms with Gasteiger partial charge in [-0.05, 0) is 106 Å². The Bertz CT molecular complexity index is 2420. The van der Waals surface area contributed by atoms with Crippen LogP contribution in [0.1, 0.15) is 23.1 Å². The molecule has 3 heteroatoms. The second kappa shape index (κ2) is 11.9. The van der Waals surface area contributed by atoms with Gasteiger partial charge in [-0.25, -0.2) is 4.98 Å². The molecular formula is C45H32N2O. The minimum atomic E-state index is 0.676. The van der Waals surface area contributed by atoms with Crippen molar-refractivity contribution in [2.45, 2.75) is 12.8 Å². The van der Waals surface area contributed by atoms with Gasteiger partial charge in [0.2, 0.25) is 5.89 Å². The molecule has 0 bridgehead atoms. The van der Waals surface area contributed by atoms with Crippen molar-refractivity contribution in [2.75, 3.05) is 4.90 Å². The van der Waals surface area contributed by atoms with Crippen molar-refractivity contribution in [3.63, 3.8) is 0 Å². The molecule has 0 aliphatic heterocycles. The van der Waals surface area contributed by atoms with Gasteiger partial charge in [0.15, 0.2) is 5.58 Å². The second-order valence-electron chi connectivity index (χ2n) is 12.3. The number of allylic oxidation sites excluding steroid dienone is 1. The molecule has 0 unspecified atom stereocenters. The van der Waals surface area contributed by atoms with Crippen LogP contribution in [0, 0.1) is 0 Å². The predicted molar refractivity (Wildman–Crippen MR) is 200 cm³/mol. The first-order chi connectivity index (χ1) is 23.8. The summed E-state index contributed by atoms with van der Waals surface area (Å²) in [6.07, 6.45) is 4.19. The number of aryl methyl sites for hydroxylation is 1. The van der Waals surface area contributed by atoms with Crippen LogP contribution < -0.4 is 4.90 Å². The summed E-state index contributed by atoms with van der Waals surface area (Å²) in [4.78, 5) is 7.11. The van der Waals surface area contributed by atoms with Gasteiger partial charge in [0, 0.05) is 28.2 Å². The van der Waals surface area contributed by atoms with E-state index in [1.165, 1.54) is 44.2 Å². The SMILES string of the molecule is C1=C(c2ccc(N(c3ccccc3)c3ccc(-c4cccc5ccccc45)cc3)cc2)CCc2c1ccc1nc(-c3ccccc3)oc21. The van der Waals surface area contributed by atoms with Crippen LogP contribution in [0.4, 0.5) is 17.1 Å². The highest BCUT2D eigenvalue weighted by Gasteiger charge is 2.20. The van der Waals surface area contributed by atoms with Gasteiger partial charge in [-0.15, -0.1) is 0 Å². The Labute approximate surface area is 280 Å². The smallest absolute Gasteiger partial charge is 0.227 e. The topological polar surface area (TPSA) is 29.3 Å². The molecule has 0 spiro atoms. The molecule has 8 aromatic rings. The fourth-order valence-electron chi connectivity index (χ4n) is 7.02. The zero-order valence-electron chi connectivity index (χ0n) is 26.4. The molecule has 3 nitrogen and oxygen atoms in total. The molecule has 1 aliphatic rings. The Morgan fingerprint density at radius 2 is 1.15 bits per heavy atom. The first-order valence-electron chi connectivity index (χ1n) is 16.5. The van der Waals surface area contributed by atoms with Gasteiger partial charge in [-0.3, -0.25) is 0 Å². The maximum Gasteiger partial charge on any atom is 0.227 e. The molecule has 228 valence electrons. The van der Waals surface area contributed by atoms with Crippen LogP contribution in [-0.2, 0) is 6.42 Å². The quantitative estimate of drug-likeness (QED) is 0.186. The van der Waals surface area contributed by atoms with E-state index in [0.717, 1.165) is 46.6 Å². The fourth-order valence-corrected chi connectivity index (χ4v) is 7.02. The molecule has 0 fully saturated rings. The molecule has 1 aromatic heterocycles. The monoisotopic (exact) mass is 616 g/mol. The molecule has 7 aromatic carbocycles. The summed E-state index contributed by atoms with van der Waals surface area (Å²) >= 11 is 0. The van der Waals surface area contributed by atoms with Gasteiger partial charge in [-0.2, -0.15) is 0 Å². The highest BCUT2D eigenvalue weighted by molar-refractivity contribution is 5.97. The van der Waals surface area contributed by atoms with Crippen molar-refractivity contribution in [2.24, 2.45) is 0 Å². The van der Waals surface area contributed by atoms with E-state index in [9.17, 15) is 0 Å². The largest absolute Gasteiger partial charge is 0.436 e. The molecule has 48 heavy (non-hydrogen) atoms. The van der Waals surface area contributed by atoms with Crippen molar-refractivity contribution >= 4 is 50.6 Å². The number of aromatic nitrogens is 1. The molecule has 1 heterocycles. The van der Waals surface area contributed by atoms with Gasteiger partial charge < -0.3 is 9.32 Å². The van der Waals surface area contributed by atoms with Crippen LogP contribution in [-0.4, -0.2) is 4.98 Å². The summed E-state index contributed by atoms with van der Waals surface area (Å²) in [5.74, 6) is 0.676. The van der Waals surface area contributed by atoms with Gasteiger partial charge in [0.1, 0.15) is 5.52 Å². The molecule has 1 aliphatic carbocycles. The lowest BCUT2D eigenvalue weighted by molar-refractivity contribution is 0.614. The summed E-state index contributed by atoms with van der Waals surface area (Å²) in [5.41, 5.74) is 13.7. The number of rotatable bonds is 6. The van der Waals surface area contributed by atoms with Crippen LogP contribution >= 0.6 is 0 Å². The van der Waals surface area contributed by atoms with Gasteiger partial charge in [0.05, 0.1) is 0 Å². The first kappa shape index (κ1) is 28.1. The summed E-state index contributed by atoms with van der Waals surface area (Å²) in [6, 6.07) is 58.0. The second-order valence-corrected chi connectivity index (χ2v) is 12.3. The first-order valence-corrected chi connectivity index (χ1v) is 16.5. The normalized spacial score (nSPS) is 12.5. The van der Waals surface area contributed by atoms with E-state index in [4.69, 9.17) is 9.40 Å².